The highest BCUT2D eigenvalue weighted by atomic mass is 14.9. The van der Waals surface area contributed by atoms with Crippen LogP contribution in [0.25, 0.3) is 0 Å². The maximum atomic E-state index is 3.67. The molecule has 0 amide bonds. The van der Waals surface area contributed by atoms with Gasteiger partial charge >= 0.3 is 0 Å². The maximum Gasteiger partial charge on any atom is 0.00412 e. The molecule has 0 aromatic carbocycles. The summed E-state index contributed by atoms with van der Waals surface area (Å²) in [6.07, 6.45) is 6.73. The smallest absolute Gasteiger partial charge is 0.00412 e. The van der Waals surface area contributed by atoms with Crippen molar-refractivity contribution in [2.45, 2.75) is 72.8 Å². The Morgan fingerprint density at radius 1 is 1.07 bits per heavy atom. The normalized spacial score (nSPS) is 15.6. The first-order valence-electron chi connectivity index (χ1n) is 6.83. The molecule has 0 aliphatic heterocycles. The largest absolute Gasteiger partial charge is 0.314 e. The Bertz CT molecular complexity index is 131. The fourth-order valence-corrected chi connectivity index (χ4v) is 2.10. The van der Waals surface area contributed by atoms with Crippen molar-refractivity contribution in [3.63, 3.8) is 0 Å². The maximum absolute atomic E-state index is 3.67. The number of rotatable bonds is 9. The van der Waals surface area contributed by atoms with Crippen molar-refractivity contribution in [2.24, 2.45) is 11.8 Å². The summed E-state index contributed by atoms with van der Waals surface area (Å²) >= 11 is 0. The summed E-state index contributed by atoms with van der Waals surface area (Å²) in [6.45, 7) is 12.7. The third-order valence-electron chi connectivity index (χ3n) is 3.12. The van der Waals surface area contributed by atoms with Gasteiger partial charge in [0.15, 0.2) is 0 Å². The molecule has 0 aromatic rings. The lowest BCUT2D eigenvalue weighted by Crippen LogP contribution is -2.32. The van der Waals surface area contributed by atoms with Crippen molar-refractivity contribution in [3.05, 3.63) is 0 Å². The molecular formula is C14H31N. The summed E-state index contributed by atoms with van der Waals surface area (Å²) in [5, 5.41) is 3.67. The Labute approximate surface area is 97.0 Å². The molecule has 2 unspecified atom stereocenters. The van der Waals surface area contributed by atoms with E-state index >= 15 is 0 Å². The zero-order valence-electron chi connectivity index (χ0n) is 11.5. The van der Waals surface area contributed by atoms with Gasteiger partial charge in [-0.15, -0.1) is 0 Å². The standard InChI is InChI=1S/C14H31N/c1-6-8-9-14(7-2)11-15-13(5)10-12(3)4/h12-15H,6-11H2,1-5H3. The van der Waals surface area contributed by atoms with Gasteiger partial charge in [0.05, 0.1) is 0 Å². The lowest BCUT2D eigenvalue weighted by molar-refractivity contribution is 0.369. The average molecular weight is 213 g/mol. The number of unbranched alkanes of at least 4 members (excludes halogenated alkanes) is 1. The fourth-order valence-electron chi connectivity index (χ4n) is 2.10. The van der Waals surface area contributed by atoms with E-state index < -0.39 is 0 Å². The molecule has 1 N–H and O–H groups in total. The van der Waals surface area contributed by atoms with Gasteiger partial charge in [0.25, 0.3) is 0 Å². The zero-order chi connectivity index (χ0) is 11.7. The Hall–Kier alpha value is -0.0400. The van der Waals surface area contributed by atoms with Crippen molar-refractivity contribution < 1.29 is 0 Å². The molecule has 0 saturated heterocycles. The van der Waals surface area contributed by atoms with Gasteiger partial charge in [-0.1, -0.05) is 47.0 Å². The van der Waals surface area contributed by atoms with Crippen LogP contribution in [-0.4, -0.2) is 12.6 Å². The van der Waals surface area contributed by atoms with Crippen LogP contribution < -0.4 is 5.32 Å². The van der Waals surface area contributed by atoms with Crippen molar-refractivity contribution >= 4 is 0 Å². The lowest BCUT2D eigenvalue weighted by atomic mass is 9.98. The van der Waals surface area contributed by atoms with Crippen LogP contribution in [0.2, 0.25) is 0 Å². The SMILES string of the molecule is CCCCC(CC)CNC(C)CC(C)C. The van der Waals surface area contributed by atoms with Gasteiger partial charge < -0.3 is 5.32 Å². The molecule has 0 aromatic heterocycles. The molecule has 0 saturated carbocycles. The molecule has 15 heavy (non-hydrogen) atoms. The first-order valence-corrected chi connectivity index (χ1v) is 6.83. The summed E-state index contributed by atoms with van der Waals surface area (Å²) < 4.78 is 0. The van der Waals surface area contributed by atoms with E-state index in [2.05, 4.69) is 39.9 Å². The van der Waals surface area contributed by atoms with Crippen LogP contribution in [-0.2, 0) is 0 Å². The van der Waals surface area contributed by atoms with E-state index in [9.17, 15) is 0 Å². The van der Waals surface area contributed by atoms with Crippen LogP contribution in [0.3, 0.4) is 0 Å². The van der Waals surface area contributed by atoms with Gasteiger partial charge in [0, 0.05) is 6.04 Å². The first-order chi connectivity index (χ1) is 7.10. The third-order valence-corrected chi connectivity index (χ3v) is 3.12. The number of hydrogen-bond donors (Lipinski definition) is 1. The van der Waals surface area contributed by atoms with Gasteiger partial charge in [-0.2, -0.15) is 0 Å². The summed E-state index contributed by atoms with van der Waals surface area (Å²) in [6, 6.07) is 0.681. The summed E-state index contributed by atoms with van der Waals surface area (Å²) in [5.41, 5.74) is 0. The molecule has 1 heteroatoms. The van der Waals surface area contributed by atoms with Gasteiger partial charge in [0.1, 0.15) is 0 Å². The lowest BCUT2D eigenvalue weighted by Gasteiger charge is -2.20. The van der Waals surface area contributed by atoms with E-state index in [1.165, 1.54) is 38.6 Å². The Morgan fingerprint density at radius 3 is 2.20 bits per heavy atom. The highest BCUT2D eigenvalue weighted by Crippen LogP contribution is 2.12. The zero-order valence-corrected chi connectivity index (χ0v) is 11.5. The van der Waals surface area contributed by atoms with E-state index in [4.69, 9.17) is 0 Å². The minimum absolute atomic E-state index is 0.681. The Kier molecular flexibility index (Phi) is 9.18. The molecule has 0 rings (SSSR count). The van der Waals surface area contributed by atoms with E-state index in [0.717, 1.165) is 11.8 Å². The molecule has 0 spiro atoms. The molecule has 1 nitrogen and oxygen atoms in total. The Balaban J connectivity index is 3.60. The van der Waals surface area contributed by atoms with Crippen molar-refractivity contribution in [1.82, 2.24) is 5.32 Å². The predicted molar refractivity (Wildman–Crippen MR) is 70.2 cm³/mol. The second-order valence-corrected chi connectivity index (χ2v) is 5.36. The molecule has 2 atom stereocenters. The highest BCUT2D eigenvalue weighted by molar-refractivity contribution is 4.67. The molecule has 0 heterocycles. The quantitative estimate of drug-likeness (QED) is 0.604. The minimum atomic E-state index is 0.681. The molecule has 0 aliphatic carbocycles. The van der Waals surface area contributed by atoms with E-state index in [1.54, 1.807) is 0 Å². The van der Waals surface area contributed by atoms with Crippen LogP contribution >= 0.6 is 0 Å². The van der Waals surface area contributed by atoms with Gasteiger partial charge in [-0.25, -0.2) is 0 Å². The predicted octanol–water partition coefficient (Wildman–Crippen LogP) is 4.23. The molecule has 0 radical (unpaired) electrons. The van der Waals surface area contributed by atoms with Crippen molar-refractivity contribution in [1.29, 1.82) is 0 Å². The minimum Gasteiger partial charge on any atom is -0.314 e. The van der Waals surface area contributed by atoms with Crippen LogP contribution in [0.5, 0.6) is 0 Å². The van der Waals surface area contributed by atoms with Crippen molar-refractivity contribution in [2.75, 3.05) is 6.54 Å². The molecule has 0 aliphatic rings. The van der Waals surface area contributed by atoms with Crippen LogP contribution in [0.15, 0.2) is 0 Å². The average Bonchev–Trinajstić information content (AvgIpc) is 2.17. The monoisotopic (exact) mass is 213 g/mol. The molecule has 0 bridgehead atoms. The van der Waals surface area contributed by atoms with Crippen LogP contribution in [0.1, 0.15) is 66.7 Å². The summed E-state index contributed by atoms with van der Waals surface area (Å²) in [5.74, 6) is 1.70. The third kappa shape index (κ3) is 8.92. The second kappa shape index (κ2) is 9.21. The second-order valence-electron chi connectivity index (χ2n) is 5.36. The van der Waals surface area contributed by atoms with E-state index in [0.29, 0.717) is 6.04 Å². The topological polar surface area (TPSA) is 12.0 Å². The van der Waals surface area contributed by atoms with E-state index in [1.807, 2.05) is 0 Å². The number of nitrogens with one attached hydrogen (secondary N) is 1. The summed E-state index contributed by atoms with van der Waals surface area (Å²) in [4.78, 5) is 0. The summed E-state index contributed by atoms with van der Waals surface area (Å²) in [7, 11) is 0. The van der Waals surface area contributed by atoms with Crippen LogP contribution in [0, 0.1) is 11.8 Å². The van der Waals surface area contributed by atoms with Crippen molar-refractivity contribution in [3.8, 4) is 0 Å². The molecular weight excluding hydrogens is 182 g/mol. The molecule has 92 valence electrons. The highest BCUT2D eigenvalue weighted by Gasteiger charge is 2.08. The fraction of sp³-hybridized carbons (Fsp3) is 1.00. The Morgan fingerprint density at radius 2 is 1.73 bits per heavy atom. The molecule has 0 fully saturated rings. The van der Waals surface area contributed by atoms with Gasteiger partial charge in [-0.3, -0.25) is 0 Å². The van der Waals surface area contributed by atoms with Gasteiger partial charge in [-0.05, 0) is 38.1 Å². The number of hydrogen-bond acceptors (Lipinski definition) is 1. The first kappa shape index (κ1) is 15.0. The van der Waals surface area contributed by atoms with Crippen LogP contribution in [0.4, 0.5) is 0 Å². The van der Waals surface area contributed by atoms with Gasteiger partial charge in [0.2, 0.25) is 0 Å². The van der Waals surface area contributed by atoms with E-state index in [-0.39, 0.29) is 0 Å².